The van der Waals surface area contributed by atoms with Crippen LogP contribution in [0.2, 0.25) is 0 Å². The first-order chi connectivity index (χ1) is 18.6. The molecular weight excluding hydrogens is 476 g/mol. The molecule has 0 saturated carbocycles. The van der Waals surface area contributed by atoms with E-state index < -0.39 is 0 Å². The number of nitrogens with zero attached hydrogens (tertiary/aromatic N) is 5. The molecule has 7 rings (SSSR count). The predicted molar refractivity (Wildman–Crippen MR) is 146 cm³/mol. The Bertz CT molecular complexity index is 1530. The molecule has 0 bridgehead atoms. The van der Waals surface area contributed by atoms with Gasteiger partial charge in [0, 0.05) is 37.0 Å². The van der Waals surface area contributed by atoms with E-state index in [0.29, 0.717) is 0 Å². The molecule has 5 heterocycles. The number of aryl methyl sites for hydroxylation is 1. The second-order valence-electron chi connectivity index (χ2n) is 10.7. The number of aromatic amines is 1. The van der Waals surface area contributed by atoms with Crippen molar-refractivity contribution in [2.45, 2.75) is 50.6 Å². The highest BCUT2D eigenvalue weighted by Crippen LogP contribution is 2.39. The zero-order chi connectivity index (χ0) is 25.8. The topological polar surface area (TPSA) is 87.2 Å². The van der Waals surface area contributed by atoms with Crippen LogP contribution in [0.15, 0.2) is 42.6 Å². The Morgan fingerprint density at radius 2 is 1.95 bits per heavy atom. The number of likely N-dealkylation sites (tertiary alicyclic amines) is 2. The van der Waals surface area contributed by atoms with Gasteiger partial charge in [-0.15, -0.1) is 0 Å². The van der Waals surface area contributed by atoms with Crippen molar-refractivity contribution in [1.82, 2.24) is 30.0 Å². The van der Waals surface area contributed by atoms with Crippen molar-refractivity contribution in [3.8, 4) is 28.3 Å². The lowest BCUT2D eigenvalue weighted by atomic mass is 9.99. The fourth-order valence-electron chi connectivity index (χ4n) is 6.66. The first-order valence-electron chi connectivity index (χ1n) is 13.6. The molecule has 8 heteroatoms. The van der Waals surface area contributed by atoms with Crippen LogP contribution in [0.1, 0.15) is 48.5 Å². The lowest BCUT2D eigenvalue weighted by molar-refractivity contribution is -0.131. The zero-order valence-electron chi connectivity index (χ0n) is 21.9. The van der Waals surface area contributed by atoms with E-state index in [1.54, 1.807) is 7.11 Å². The number of carbonyl (C=O) groups is 1. The average Bonchev–Trinajstić information content (AvgIpc) is 3.75. The Balaban J connectivity index is 1.23. The summed E-state index contributed by atoms with van der Waals surface area (Å²) in [6, 6.07) is 12.8. The van der Waals surface area contributed by atoms with Crippen molar-refractivity contribution >= 4 is 16.9 Å². The van der Waals surface area contributed by atoms with E-state index >= 15 is 0 Å². The summed E-state index contributed by atoms with van der Waals surface area (Å²) in [7, 11) is 3.59. The highest BCUT2D eigenvalue weighted by atomic mass is 16.5. The van der Waals surface area contributed by atoms with Crippen LogP contribution >= 0.6 is 0 Å². The number of hydrogen-bond acceptors (Lipinski definition) is 6. The third kappa shape index (κ3) is 3.69. The number of nitrogens with one attached hydrogen (secondary N) is 1. The predicted octanol–water partition coefficient (Wildman–Crippen LogP) is 4.55. The molecule has 0 spiro atoms. The highest BCUT2D eigenvalue weighted by molar-refractivity contribution is 5.93. The molecule has 2 atom stereocenters. The van der Waals surface area contributed by atoms with Crippen LogP contribution < -0.4 is 4.74 Å². The third-order valence-corrected chi connectivity index (χ3v) is 8.62. The van der Waals surface area contributed by atoms with Gasteiger partial charge in [0.25, 0.3) is 0 Å². The van der Waals surface area contributed by atoms with E-state index in [0.717, 1.165) is 90.2 Å². The molecule has 3 aromatic heterocycles. The number of methoxy groups -OCH3 is 1. The SMILES string of the molecule is COc1cc2[nH]nc(-c3ccc(C4CCCN4C4CCN(C)C4=O)nc3)c2nc1-c1cccc2c1CCC2. The largest absolute Gasteiger partial charge is 0.494 e. The maximum absolute atomic E-state index is 12.7. The van der Waals surface area contributed by atoms with Crippen LogP contribution in [0, 0.1) is 0 Å². The lowest BCUT2D eigenvalue weighted by Gasteiger charge is -2.28. The Hall–Kier alpha value is -3.78. The summed E-state index contributed by atoms with van der Waals surface area (Å²) in [5.41, 5.74) is 9.16. The summed E-state index contributed by atoms with van der Waals surface area (Å²) < 4.78 is 5.77. The van der Waals surface area contributed by atoms with Gasteiger partial charge < -0.3 is 9.64 Å². The van der Waals surface area contributed by atoms with Crippen LogP contribution in [-0.4, -0.2) is 69.2 Å². The second-order valence-corrected chi connectivity index (χ2v) is 10.7. The van der Waals surface area contributed by atoms with Gasteiger partial charge in [0.2, 0.25) is 5.91 Å². The minimum Gasteiger partial charge on any atom is -0.494 e. The molecule has 194 valence electrons. The van der Waals surface area contributed by atoms with Gasteiger partial charge in [-0.25, -0.2) is 4.98 Å². The number of ether oxygens (including phenoxy) is 1. The van der Waals surface area contributed by atoms with Crippen molar-refractivity contribution in [3.63, 3.8) is 0 Å². The first kappa shape index (κ1) is 23.3. The van der Waals surface area contributed by atoms with Gasteiger partial charge in [-0.2, -0.15) is 5.10 Å². The molecule has 2 aliphatic heterocycles. The third-order valence-electron chi connectivity index (χ3n) is 8.62. The number of benzene rings is 1. The summed E-state index contributed by atoms with van der Waals surface area (Å²) >= 11 is 0. The van der Waals surface area contributed by atoms with Crippen molar-refractivity contribution < 1.29 is 9.53 Å². The number of amides is 1. The summed E-state index contributed by atoms with van der Waals surface area (Å²) in [4.78, 5) is 26.9. The molecule has 3 aliphatic rings. The number of rotatable bonds is 5. The normalized spacial score (nSPS) is 21.5. The molecule has 38 heavy (non-hydrogen) atoms. The fraction of sp³-hybridized carbons (Fsp3) is 0.400. The quantitative estimate of drug-likeness (QED) is 0.426. The molecule has 4 aromatic rings. The average molecular weight is 509 g/mol. The maximum atomic E-state index is 12.7. The smallest absolute Gasteiger partial charge is 0.239 e. The summed E-state index contributed by atoms with van der Waals surface area (Å²) in [5, 5.41) is 7.77. The molecule has 1 amide bonds. The maximum Gasteiger partial charge on any atom is 0.239 e. The van der Waals surface area contributed by atoms with E-state index in [2.05, 4.69) is 45.4 Å². The molecule has 8 nitrogen and oxygen atoms in total. The Morgan fingerprint density at radius 3 is 2.74 bits per heavy atom. The minimum atomic E-state index is -0.0266. The van der Waals surface area contributed by atoms with E-state index in [1.807, 2.05) is 24.2 Å². The van der Waals surface area contributed by atoms with Crippen molar-refractivity contribution in [3.05, 3.63) is 59.4 Å². The van der Waals surface area contributed by atoms with Gasteiger partial charge in [0.1, 0.15) is 22.7 Å². The number of pyridine rings is 2. The first-order valence-corrected chi connectivity index (χ1v) is 13.6. The van der Waals surface area contributed by atoms with Crippen LogP contribution in [-0.2, 0) is 17.6 Å². The monoisotopic (exact) mass is 508 g/mol. The van der Waals surface area contributed by atoms with Gasteiger partial charge in [-0.3, -0.25) is 19.8 Å². The summed E-state index contributed by atoms with van der Waals surface area (Å²) in [6.45, 7) is 1.77. The molecule has 1 aliphatic carbocycles. The number of H-pyrrole nitrogens is 1. The van der Waals surface area contributed by atoms with E-state index in [-0.39, 0.29) is 18.0 Å². The van der Waals surface area contributed by atoms with E-state index in [9.17, 15) is 4.79 Å². The van der Waals surface area contributed by atoms with Crippen LogP contribution in [0.25, 0.3) is 33.5 Å². The van der Waals surface area contributed by atoms with E-state index in [4.69, 9.17) is 14.7 Å². The Labute approximate surface area is 222 Å². The van der Waals surface area contributed by atoms with Gasteiger partial charge in [-0.05, 0) is 68.3 Å². The number of hydrogen-bond donors (Lipinski definition) is 1. The molecule has 1 aromatic carbocycles. The van der Waals surface area contributed by atoms with Crippen LogP contribution in [0.4, 0.5) is 0 Å². The number of aromatic nitrogens is 4. The van der Waals surface area contributed by atoms with Crippen LogP contribution in [0.5, 0.6) is 5.75 Å². The standard InChI is InChI=1S/C30H32N6O2/c1-35-15-13-25(30(35)37)36-14-5-10-24(36)22-12-11-19(17-31-22)27-29-23(33-34-27)16-26(38-2)28(32-29)21-9-4-7-18-6-3-8-20(18)21/h4,7,9,11-12,16-17,24-25H,3,5-6,8,10,13-15H2,1-2H3,(H,33,34). The molecule has 2 unspecified atom stereocenters. The molecular formula is C30H32N6O2. The van der Waals surface area contributed by atoms with Crippen molar-refractivity contribution in [2.24, 2.45) is 0 Å². The van der Waals surface area contributed by atoms with Crippen molar-refractivity contribution in [2.75, 3.05) is 27.2 Å². The summed E-state index contributed by atoms with van der Waals surface area (Å²) in [6.07, 6.45) is 8.27. The highest BCUT2D eigenvalue weighted by Gasteiger charge is 2.40. The second kappa shape index (κ2) is 9.20. The van der Waals surface area contributed by atoms with Gasteiger partial charge in [0.15, 0.2) is 0 Å². The number of likely N-dealkylation sites (N-methyl/N-ethyl adjacent to an activating group) is 1. The van der Waals surface area contributed by atoms with Gasteiger partial charge in [0.05, 0.1) is 30.4 Å². The Morgan fingerprint density at radius 1 is 1.03 bits per heavy atom. The lowest BCUT2D eigenvalue weighted by Crippen LogP contribution is -2.40. The number of carbonyl (C=O) groups excluding carboxylic acids is 1. The zero-order valence-corrected chi connectivity index (χ0v) is 21.9. The molecule has 2 fully saturated rings. The van der Waals surface area contributed by atoms with E-state index in [1.165, 1.54) is 17.5 Å². The van der Waals surface area contributed by atoms with Crippen LogP contribution in [0.3, 0.4) is 0 Å². The van der Waals surface area contributed by atoms with Crippen molar-refractivity contribution in [1.29, 1.82) is 0 Å². The molecule has 0 radical (unpaired) electrons. The molecule has 2 saturated heterocycles. The Kier molecular flexibility index (Phi) is 5.65. The fourth-order valence-corrected chi connectivity index (χ4v) is 6.66. The van der Waals surface area contributed by atoms with Gasteiger partial charge in [-0.1, -0.05) is 18.2 Å². The minimum absolute atomic E-state index is 0.0266. The van der Waals surface area contributed by atoms with Gasteiger partial charge >= 0.3 is 0 Å². The molecule has 1 N–H and O–H groups in total. The number of fused-ring (bicyclic) bond motifs is 2. The summed E-state index contributed by atoms with van der Waals surface area (Å²) in [5.74, 6) is 0.979.